The van der Waals surface area contributed by atoms with Crippen LogP contribution in [0.5, 0.6) is 5.06 Å². The molecule has 3 aromatic rings. The Balaban J connectivity index is 2.04. The van der Waals surface area contributed by atoms with E-state index in [-0.39, 0.29) is 15.6 Å². The minimum absolute atomic E-state index is 0.00945. The van der Waals surface area contributed by atoms with Crippen LogP contribution in [0.3, 0.4) is 0 Å². The highest BCUT2D eigenvalue weighted by molar-refractivity contribution is 7.92. The van der Waals surface area contributed by atoms with Gasteiger partial charge in [0.1, 0.15) is 11.5 Å². The molecule has 0 aliphatic rings. The molecule has 0 aliphatic heterocycles. The minimum atomic E-state index is -4.05. The number of nitrogens with one attached hydrogen (secondary N) is 1. The van der Waals surface area contributed by atoms with Crippen LogP contribution in [-0.4, -0.2) is 19.7 Å². The summed E-state index contributed by atoms with van der Waals surface area (Å²) in [6, 6.07) is 9.90. The van der Waals surface area contributed by atoms with Crippen molar-refractivity contribution in [1.29, 1.82) is 0 Å². The highest BCUT2D eigenvalue weighted by atomic mass is 35.5. The predicted octanol–water partition coefficient (Wildman–Crippen LogP) is 5.68. The molecule has 0 bridgehead atoms. The Morgan fingerprint density at radius 3 is 2.41 bits per heavy atom. The van der Waals surface area contributed by atoms with Crippen molar-refractivity contribution in [3.05, 3.63) is 64.4 Å². The average Bonchev–Trinajstić information content (AvgIpc) is 2.99. The van der Waals surface area contributed by atoms with Gasteiger partial charge in [-0.2, -0.15) is 0 Å². The Morgan fingerprint density at radius 2 is 1.79 bits per heavy atom. The van der Waals surface area contributed by atoms with Crippen LogP contribution >= 0.6 is 22.9 Å². The monoisotopic (exact) mass is 455 g/mol. The maximum atomic E-state index is 13.2. The van der Waals surface area contributed by atoms with Crippen LogP contribution in [0.2, 0.25) is 5.02 Å². The quantitative estimate of drug-likeness (QED) is 0.482. The summed E-state index contributed by atoms with van der Waals surface area (Å²) in [6.07, 6.45) is -1.59. The largest absolute Gasteiger partial charge is 0.512 e. The number of thiophene rings is 1. The Hall–Kier alpha value is -2.62. The van der Waals surface area contributed by atoms with Crippen molar-refractivity contribution < 1.29 is 27.4 Å². The van der Waals surface area contributed by atoms with Crippen molar-refractivity contribution in [2.24, 2.45) is 0 Å². The highest BCUT2D eigenvalue weighted by Crippen LogP contribution is 2.42. The zero-order chi connectivity index (χ0) is 21.3. The van der Waals surface area contributed by atoms with Crippen molar-refractivity contribution >= 4 is 44.8 Å². The standard InChI is InChI=1S/C19H15ClFNO5S2/c1-10-8-17(11(2)7-14(10)20)29(25,26)22-15-9-16(28-18(15)27-19(23)24)12-3-5-13(21)6-4-12/h3-9,22H,1-2H3,(H,23,24). The maximum Gasteiger partial charge on any atom is 0.512 e. The van der Waals surface area contributed by atoms with Gasteiger partial charge in [0.05, 0.1) is 4.90 Å². The number of aryl methyl sites for hydroxylation is 2. The Labute approximate surface area is 175 Å². The summed E-state index contributed by atoms with van der Waals surface area (Å²) in [5.41, 5.74) is 1.55. The lowest BCUT2D eigenvalue weighted by atomic mass is 10.2. The topological polar surface area (TPSA) is 92.7 Å². The van der Waals surface area contributed by atoms with Crippen LogP contribution in [0.4, 0.5) is 14.9 Å². The number of carboxylic acid groups (broad SMARTS) is 1. The first kappa shape index (κ1) is 21.1. The molecule has 0 saturated carbocycles. The van der Waals surface area contributed by atoms with Gasteiger partial charge in [-0.1, -0.05) is 35.1 Å². The third kappa shape index (κ3) is 4.69. The van der Waals surface area contributed by atoms with E-state index in [1.54, 1.807) is 13.8 Å². The smallest absolute Gasteiger partial charge is 0.449 e. The maximum absolute atomic E-state index is 13.2. The first-order chi connectivity index (χ1) is 13.6. The van der Waals surface area contributed by atoms with Gasteiger partial charge in [-0.05, 0) is 60.9 Å². The van der Waals surface area contributed by atoms with E-state index < -0.39 is 22.0 Å². The molecule has 1 aromatic heterocycles. The van der Waals surface area contributed by atoms with E-state index in [0.29, 0.717) is 26.6 Å². The molecule has 29 heavy (non-hydrogen) atoms. The van der Waals surface area contributed by atoms with Crippen molar-refractivity contribution in [1.82, 2.24) is 0 Å². The van der Waals surface area contributed by atoms with E-state index in [0.717, 1.165) is 11.3 Å². The second-order valence-electron chi connectivity index (χ2n) is 6.16. The van der Waals surface area contributed by atoms with E-state index in [1.165, 1.54) is 42.5 Å². The van der Waals surface area contributed by atoms with Crippen LogP contribution in [0.15, 0.2) is 47.4 Å². The van der Waals surface area contributed by atoms with Crippen LogP contribution in [-0.2, 0) is 10.0 Å². The lowest BCUT2D eigenvalue weighted by Crippen LogP contribution is -2.15. The van der Waals surface area contributed by atoms with Gasteiger partial charge in [0.25, 0.3) is 10.0 Å². The average molecular weight is 456 g/mol. The zero-order valence-corrected chi connectivity index (χ0v) is 17.6. The van der Waals surface area contributed by atoms with E-state index in [9.17, 15) is 17.6 Å². The summed E-state index contributed by atoms with van der Waals surface area (Å²) < 4.78 is 46.1. The molecule has 0 amide bonds. The Kier molecular flexibility index (Phi) is 5.83. The Morgan fingerprint density at radius 1 is 1.14 bits per heavy atom. The number of benzene rings is 2. The minimum Gasteiger partial charge on any atom is -0.449 e. The molecule has 0 saturated heterocycles. The SMILES string of the molecule is Cc1cc(S(=O)(=O)Nc2cc(-c3ccc(F)cc3)sc2OC(=O)O)c(C)cc1Cl. The number of ether oxygens (including phenoxy) is 1. The van der Waals surface area contributed by atoms with Gasteiger partial charge in [0.15, 0.2) is 0 Å². The number of hydrogen-bond donors (Lipinski definition) is 2. The zero-order valence-electron chi connectivity index (χ0n) is 15.2. The van der Waals surface area contributed by atoms with E-state index in [2.05, 4.69) is 4.72 Å². The van der Waals surface area contributed by atoms with Crippen LogP contribution in [0.1, 0.15) is 11.1 Å². The van der Waals surface area contributed by atoms with Crippen LogP contribution < -0.4 is 9.46 Å². The summed E-state index contributed by atoms with van der Waals surface area (Å²) in [5, 5.41) is 9.26. The fraction of sp³-hybridized carbons (Fsp3) is 0.105. The molecule has 0 aliphatic carbocycles. The fourth-order valence-corrected chi connectivity index (χ4v) is 5.21. The van der Waals surface area contributed by atoms with Crippen molar-refractivity contribution in [2.75, 3.05) is 4.72 Å². The lowest BCUT2D eigenvalue weighted by molar-refractivity contribution is 0.146. The number of halogens is 2. The van der Waals surface area contributed by atoms with Gasteiger partial charge < -0.3 is 9.84 Å². The molecule has 2 aromatic carbocycles. The Bertz CT molecular complexity index is 1190. The summed E-state index contributed by atoms with van der Waals surface area (Å²) in [7, 11) is -4.05. The summed E-state index contributed by atoms with van der Waals surface area (Å²) in [5.74, 6) is -0.429. The van der Waals surface area contributed by atoms with Crippen LogP contribution in [0, 0.1) is 19.7 Å². The molecule has 6 nitrogen and oxygen atoms in total. The number of rotatable bonds is 5. The van der Waals surface area contributed by atoms with Crippen molar-refractivity contribution in [2.45, 2.75) is 18.7 Å². The molecule has 0 unspecified atom stereocenters. The van der Waals surface area contributed by atoms with Gasteiger partial charge in [-0.25, -0.2) is 17.6 Å². The molecule has 3 rings (SSSR count). The third-order valence-corrected chi connectivity index (χ3v) is 6.97. The molecule has 0 spiro atoms. The number of sulfonamides is 1. The lowest BCUT2D eigenvalue weighted by Gasteiger charge is -2.12. The highest BCUT2D eigenvalue weighted by Gasteiger charge is 2.23. The second kappa shape index (κ2) is 8.02. The second-order valence-corrected chi connectivity index (χ2v) is 9.23. The van der Waals surface area contributed by atoms with Gasteiger partial charge >= 0.3 is 6.16 Å². The molecule has 1 heterocycles. The van der Waals surface area contributed by atoms with E-state index >= 15 is 0 Å². The predicted molar refractivity (Wildman–Crippen MR) is 110 cm³/mol. The molecular formula is C19H15ClFNO5S2. The number of hydrogen-bond acceptors (Lipinski definition) is 5. The molecule has 2 N–H and O–H groups in total. The van der Waals surface area contributed by atoms with Crippen molar-refractivity contribution in [3.63, 3.8) is 0 Å². The van der Waals surface area contributed by atoms with E-state index in [4.69, 9.17) is 21.4 Å². The molecule has 0 atom stereocenters. The molecule has 0 radical (unpaired) electrons. The van der Waals surface area contributed by atoms with Gasteiger partial charge in [0, 0.05) is 9.90 Å². The normalized spacial score (nSPS) is 11.3. The van der Waals surface area contributed by atoms with Crippen molar-refractivity contribution in [3.8, 4) is 15.5 Å². The first-order valence-corrected chi connectivity index (χ1v) is 10.8. The molecule has 0 fully saturated rings. The van der Waals surface area contributed by atoms with Gasteiger partial charge in [-0.15, -0.1) is 0 Å². The number of anilines is 1. The summed E-state index contributed by atoms with van der Waals surface area (Å²) >= 11 is 6.95. The summed E-state index contributed by atoms with van der Waals surface area (Å²) in [4.78, 5) is 11.5. The fourth-order valence-electron chi connectivity index (χ4n) is 2.60. The van der Waals surface area contributed by atoms with Crippen LogP contribution in [0.25, 0.3) is 10.4 Å². The first-order valence-electron chi connectivity index (χ1n) is 8.17. The van der Waals surface area contributed by atoms with Gasteiger partial charge in [-0.3, -0.25) is 4.72 Å². The molecule has 152 valence electrons. The molecule has 10 heteroatoms. The van der Waals surface area contributed by atoms with E-state index in [1.807, 2.05) is 0 Å². The van der Waals surface area contributed by atoms with Gasteiger partial charge in [0.2, 0.25) is 5.06 Å². The molecular weight excluding hydrogens is 441 g/mol. The number of carbonyl (C=O) groups is 1. The summed E-state index contributed by atoms with van der Waals surface area (Å²) in [6.45, 7) is 3.28. The third-order valence-electron chi connectivity index (χ3n) is 4.00.